The summed E-state index contributed by atoms with van der Waals surface area (Å²) in [6.07, 6.45) is -0.257. The van der Waals surface area contributed by atoms with Gasteiger partial charge in [0.15, 0.2) is 0 Å². The third-order valence-corrected chi connectivity index (χ3v) is 3.41. The maximum absolute atomic E-state index is 12.0. The topological polar surface area (TPSA) is 122 Å². The number of fused-ring (bicyclic) bond motifs is 1. The molecule has 0 saturated heterocycles. The van der Waals surface area contributed by atoms with Crippen molar-refractivity contribution in [2.45, 2.75) is 24.8 Å². The van der Waals surface area contributed by atoms with Crippen LogP contribution >= 0.6 is 0 Å². The van der Waals surface area contributed by atoms with Crippen LogP contribution in [0.5, 0.6) is 0 Å². The van der Waals surface area contributed by atoms with Crippen LogP contribution in [0.1, 0.15) is 24.3 Å². The highest BCUT2D eigenvalue weighted by atomic mass is 16.4. The van der Waals surface area contributed by atoms with E-state index in [4.69, 9.17) is 10.8 Å². The van der Waals surface area contributed by atoms with Gasteiger partial charge in [0.25, 0.3) is 0 Å². The molecule has 0 bridgehead atoms. The molecule has 0 aromatic heterocycles. The van der Waals surface area contributed by atoms with Crippen LogP contribution < -0.4 is 16.4 Å². The average Bonchev–Trinajstić information content (AvgIpc) is 2.81. The van der Waals surface area contributed by atoms with Gasteiger partial charge in [-0.15, -0.1) is 0 Å². The van der Waals surface area contributed by atoms with Crippen molar-refractivity contribution in [3.05, 3.63) is 29.8 Å². The molecule has 0 saturated carbocycles. The Kier molecular flexibility index (Phi) is 4.42. The molecule has 0 spiro atoms. The van der Waals surface area contributed by atoms with Gasteiger partial charge in [-0.2, -0.15) is 0 Å². The Morgan fingerprint density at radius 2 is 2.10 bits per heavy atom. The maximum atomic E-state index is 12.0. The van der Waals surface area contributed by atoms with Crippen molar-refractivity contribution in [2.75, 3.05) is 11.9 Å². The highest BCUT2D eigenvalue weighted by Crippen LogP contribution is 2.33. The van der Waals surface area contributed by atoms with Crippen LogP contribution in [-0.2, 0) is 14.4 Å². The number of amides is 2. The first-order valence-electron chi connectivity index (χ1n) is 6.60. The number of aliphatic carboxylic acids is 1. The van der Waals surface area contributed by atoms with E-state index in [1.807, 2.05) is 24.3 Å². The lowest BCUT2D eigenvalue weighted by atomic mass is 9.97. The number of carbonyl (C=O) groups excluding carboxylic acids is 2. The predicted octanol–water partition coefficient (Wildman–Crippen LogP) is 0.0306. The second kappa shape index (κ2) is 6.25. The molecule has 2 unspecified atom stereocenters. The number of hydrogen-bond donors (Lipinski definition) is 4. The van der Waals surface area contributed by atoms with E-state index in [1.54, 1.807) is 0 Å². The summed E-state index contributed by atoms with van der Waals surface area (Å²) in [6.45, 7) is 0.625. The molecule has 1 aromatic carbocycles. The first-order valence-corrected chi connectivity index (χ1v) is 6.60. The highest BCUT2D eigenvalue weighted by molar-refractivity contribution is 5.88. The van der Waals surface area contributed by atoms with Crippen LogP contribution in [0.15, 0.2) is 24.3 Å². The van der Waals surface area contributed by atoms with Gasteiger partial charge in [0.05, 0.1) is 6.42 Å². The summed E-state index contributed by atoms with van der Waals surface area (Å²) in [4.78, 5) is 33.7. The Balaban J connectivity index is 1.96. The lowest BCUT2D eigenvalue weighted by molar-refractivity contribution is -0.143. The highest BCUT2D eigenvalue weighted by Gasteiger charge is 2.27. The van der Waals surface area contributed by atoms with Crippen molar-refractivity contribution in [1.82, 2.24) is 5.32 Å². The Morgan fingerprint density at radius 1 is 1.38 bits per heavy atom. The molecular formula is C14H17N3O4. The van der Waals surface area contributed by atoms with E-state index in [0.717, 1.165) is 11.3 Å². The van der Waals surface area contributed by atoms with Gasteiger partial charge in [0.1, 0.15) is 6.04 Å². The molecule has 7 heteroatoms. The number of hydrogen-bond acceptors (Lipinski definition) is 4. The van der Waals surface area contributed by atoms with Crippen molar-refractivity contribution in [2.24, 2.45) is 5.73 Å². The Hall–Kier alpha value is -2.57. The zero-order valence-electron chi connectivity index (χ0n) is 11.3. The number of primary amides is 1. The molecule has 0 fully saturated rings. The summed E-state index contributed by atoms with van der Waals surface area (Å²) in [5.74, 6) is -2.46. The summed E-state index contributed by atoms with van der Waals surface area (Å²) < 4.78 is 0. The van der Waals surface area contributed by atoms with Crippen LogP contribution in [0.3, 0.4) is 0 Å². The zero-order chi connectivity index (χ0) is 15.4. The van der Waals surface area contributed by atoms with Crippen molar-refractivity contribution in [1.29, 1.82) is 0 Å². The number of anilines is 1. The summed E-state index contributed by atoms with van der Waals surface area (Å²) in [5, 5.41) is 14.5. The Morgan fingerprint density at radius 3 is 2.76 bits per heavy atom. The Bertz CT molecular complexity index is 573. The normalized spacial score (nSPS) is 17.4. The van der Waals surface area contributed by atoms with E-state index in [1.165, 1.54) is 0 Å². The number of carboxylic acid groups (broad SMARTS) is 1. The van der Waals surface area contributed by atoms with E-state index < -0.39 is 30.2 Å². The molecule has 2 amide bonds. The zero-order valence-corrected chi connectivity index (χ0v) is 11.3. The predicted molar refractivity (Wildman–Crippen MR) is 75.7 cm³/mol. The molecule has 7 nitrogen and oxygen atoms in total. The number of carboxylic acids is 1. The van der Waals surface area contributed by atoms with Crippen molar-refractivity contribution < 1.29 is 19.5 Å². The van der Waals surface area contributed by atoms with Gasteiger partial charge < -0.3 is 21.5 Å². The van der Waals surface area contributed by atoms with E-state index >= 15 is 0 Å². The number of para-hydroxylation sites is 1. The molecule has 1 aliphatic heterocycles. The van der Waals surface area contributed by atoms with Gasteiger partial charge in [-0.25, -0.2) is 4.79 Å². The third-order valence-electron chi connectivity index (χ3n) is 3.41. The summed E-state index contributed by atoms with van der Waals surface area (Å²) in [5.41, 5.74) is 6.99. The van der Waals surface area contributed by atoms with Gasteiger partial charge in [-0.05, 0) is 11.6 Å². The van der Waals surface area contributed by atoms with Crippen molar-refractivity contribution in [3.8, 4) is 0 Å². The summed E-state index contributed by atoms with van der Waals surface area (Å²) in [7, 11) is 0. The number of nitrogens with one attached hydrogen (secondary N) is 2. The molecule has 21 heavy (non-hydrogen) atoms. The van der Waals surface area contributed by atoms with Crippen LogP contribution in [0, 0.1) is 0 Å². The van der Waals surface area contributed by atoms with Gasteiger partial charge >= 0.3 is 5.97 Å². The molecule has 112 valence electrons. The Labute approximate surface area is 121 Å². The fourth-order valence-corrected chi connectivity index (χ4v) is 2.42. The standard InChI is InChI=1S/C14H17N3O4/c15-12(18)6-11(14(20)21)17-13(19)5-8-7-16-10-4-2-1-3-9(8)10/h1-4,8,11,16H,5-7H2,(H2,15,18)(H,17,19)(H,20,21). The van der Waals surface area contributed by atoms with Crippen LogP contribution in [0.25, 0.3) is 0 Å². The smallest absolute Gasteiger partial charge is 0.326 e. The van der Waals surface area contributed by atoms with Gasteiger partial charge in [0, 0.05) is 24.6 Å². The fourth-order valence-electron chi connectivity index (χ4n) is 2.42. The molecule has 1 aliphatic rings. The van der Waals surface area contributed by atoms with Crippen molar-refractivity contribution in [3.63, 3.8) is 0 Å². The summed E-state index contributed by atoms with van der Waals surface area (Å²) in [6, 6.07) is 6.39. The molecule has 0 radical (unpaired) electrons. The monoisotopic (exact) mass is 291 g/mol. The van der Waals surface area contributed by atoms with Gasteiger partial charge in [-0.3, -0.25) is 9.59 Å². The van der Waals surface area contributed by atoms with Crippen LogP contribution in [-0.4, -0.2) is 35.5 Å². The largest absolute Gasteiger partial charge is 0.480 e. The molecule has 1 heterocycles. The average molecular weight is 291 g/mol. The van der Waals surface area contributed by atoms with E-state index in [9.17, 15) is 14.4 Å². The van der Waals surface area contributed by atoms with E-state index in [2.05, 4.69) is 10.6 Å². The minimum absolute atomic E-state index is 0.00998. The van der Waals surface area contributed by atoms with Crippen molar-refractivity contribution >= 4 is 23.5 Å². The van der Waals surface area contributed by atoms with Gasteiger partial charge in [-0.1, -0.05) is 18.2 Å². The molecule has 2 atom stereocenters. The summed E-state index contributed by atoms with van der Waals surface area (Å²) >= 11 is 0. The lowest BCUT2D eigenvalue weighted by Gasteiger charge is -2.15. The number of benzene rings is 1. The number of carbonyl (C=O) groups is 3. The maximum Gasteiger partial charge on any atom is 0.326 e. The lowest BCUT2D eigenvalue weighted by Crippen LogP contribution is -2.43. The SMILES string of the molecule is NC(=O)CC(NC(=O)CC1CNc2ccccc21)C(=O)O. The number of rotatable bonds is 6. The molecule has 2 rings (SSSR count). The minimum Gasteiger partial charge on any atom is -0.480 e. The fraction of sp³-hybridized carbons (Fsp3) is 0.357. The van der Waals surface area contributed by atoms with Gasteiger partial charge in [0.2, 0.25) is 11.8 Å². The molecule has 1 aromatic rings. The van der Waals surface area contributed by atoms with Crippen LogP contribution in [0.2, 0.25) is 0 Å². The second-order valence-electron chi connectivity index (χ2n) is 5.00. The number of nitrogens with two attached hydrogens (primary N) is 1. The van der Waals surface area contributed by atoms with E-state index in [0.29, 0.717) is 6.54 Å². The third kappa shape index (κ3) is 3.71. The van der Waals surface area contributed by atoms with E-state index in [-0.39, 0.29) is 12.3 Å². The first kappa shape index (κ1) is 14.8. The first-order chi connectivity index (χ1) is 9.97. The quantitative estimate of drug-likeness (QED) is 0.589. The molecule has 0 aliphatic carbocycles. The molecular weight excluding hydrogens is 274 g/mol. The molecule has 5 N–H and O–H groups in total. The minimum atomic E-state index is -1.28. The second-order valence-corrected chi connectivity index (χ2v) is 5.00. The van der Waals surface area contributed by atoms with Crippen LogP contribution in [0.4, 0.5) is 5.69 Å².